The van der Waals surface area contributed by atoms with Crippen molar-refractivity contribution >= 4 is 23.3 Å². The number of aromatic nitrogens is 4. The van der Waals surface area contributed by atoms with E-state index in [0.29, 0.717) is 40.0 Å². The number of carbonyl (C=O) groups excluding carboxylic acids is 2. The molecule has 0 bridgehead atoms. The molecule has 2 heterocycles. The molecule has 162 valence electrons. The molecule has 0 saturated heterocycles. The molecule has 0 unspecified atom stereocenters. The Bertz CT molecular complexity index is 1140. The minimum absolute atomic E-state index is 0.0210. The third kappa shape index (κ3) is 4.93. The van der Waals surface area contributed by atoms with Gasteiger partial charge in [0, 0.05) is 17.8 Å². The lowest BCUT2D eigenvalue weighted by atomic mass is 10.1. The summed E-state index contributed by atoms with van der Waals surface area (Å²) in [5.74, 6) is 0.0436. The van der Waals surface area contributed by atoms with E-state index in [1.54, 1.807) is 36.6 Å². The lowest BCUT2D eigenvalue weighted by Gasteiger charge is -2.09. The number of Topliss-reactive ketones (excluding diaryl/α,β-unsaturated/α-hetero) is 2. The number of benzene rings is 1. The quantitative estimate of drug-likeness (QED) is 0.286. The molecule has 31 heavy (non-hydrogen) atoms. The molecule has 0 aliphatic heterocycles. The van der Waals surface area contributed by atoms with Crippen molar-refractivity contribution in [2.75, 3.05) is 5.75 Å². The van der Waals surface area contributed by atoms with Gasteiger partial charge in [-0.2, -0.15) is 0 Å². The van der Waals surface area contributed by atoms with Gasteiger partial charge in [0.15, 0.2) is 34.1 Å². The Morgan fingerprint density at radius 3 is 2.68 bits per heavy atom. The molecule has 1 N–H and O–H groups in total. The molecule has 3 aromatic rings. The number of nitrogens with one attached hydrogen (secondary N) is 1. The van der Waals surface area contributed by atoms with Crippen LogP contribution in [0.5, 0.6) is 5.75 Å². The Hall–Kier alpha value is -3.20. The molecule has 0 fully saturated rings. The Kier molecular flexibility index (Phi) is 7.06. The minimum atomic E-state index is -0.459. The van der Waals surface area contributed by atoms with Crippen molar-refractivity contribution in [1.29, 1.82) is 0 Å². The second-order valence-electron chi connectivity index (χ2n) is 6.91. The number of halogens is 1. The molecule has 0 atom stereocenters. The lowest BCUT2D eigenvalue weighted by Crippen LogP contribution is -2.10. The number of nitrogens with zero attached hydrogens (tertiary/aromatic N) is 3. The van der Waals surface area contributed by atoms with Gasteiger partial charge in [0.2, 0.25) is 0 Å². The number of aromatic amines is 1. The first-order chi connectivity index (χ1) is 14.8. The van der Waals surface area contributed by atoms with E-state index in [2.05, 4.69) is 21.8 Å². The summed E-state index contributed by atoms with van der Waals surface area (Å²) in [5.41, 5.74) is 2.31. The third-order valence-electron chi connectivity index (χ3n) is 4.70. The summed E-state index contributed by atoms with van der Waals surface area (Å²) in [6, 6.07) is 6.12. The van der Waals surface area contributed by atoms with Gasteiger partial charge in [-0.3, -0.25) is 14.2 Å². The molecule has 0 radical (unpaired) electrons. The number of para-hydroxylation sites is 1. The first-order valence-corrected chi connectivity index (χ1v) is 10.6. The number of aryl methyl sites for hydroxylation is 1. The predicted octanol–water partition coefficient (Wildman–Crippen LogP) is 4.30. The number of rotatable bonds is 10. The van der Waals surface area contributed by atoms with Gasteiger partial charge in [-0.05, 0) is 38.5 Å². The van der Waals surface area contributed by atoms with E-state index in [0.717, 1.165) is 0 Å². The highest BCUT2D eigenvalue weighted by molar-refractivity contribution is 7.99. The van der Waals surface area contributed by atoms with Crippen LogP contribution in [0.2, 0.25) is 0 Å². The van der Waals surface area contributed by atoms with Crippen molar-refractivity contribution in [2.45, 2.75) is 39.1 Å². The van der Waals surface area contributed by atoms with Crippen LogP contribution in [0.25, 0.3) is 0 Å². The van der Waals surface area contributed by atoms with Crippen molar-refractivity contribution < 1.29 is 18.7 Å². The maximum Gasteiger partial charge on any atom is 0.192 e. The number of thioether (sulfide) groups is 1. The fourth-order valence-corrected chi connectivity index (χ4v) is 4.15. The predicted molar refractivity (Wildman–Crippen MR) is 116 cm³/mol. The third-order valence-corrected chi connectivity index (χ3v) is 5.67. The summed E-state index contributed by atoms with van der Waals surface area (Å²) in [4.78, 5) is 27.6. The molecule has 2 aromatic heterocycles. The molecule has 0 amide bonds. The smallest absolute Gasteiger partial charge is 0.192 e. The SMILES string of the molecule is C=CCn1c(COc2ccccc2F)nnc1SCC(=O)c1[nH]c(C)c(C(C)=O)c1C. The highest BCUT2D eigenvalue weighted by atomic mass is 32.2. The van der Waals surface area contributed by atoms with Crippen LogP contribution >= 0.6 is 11.8 Å². The summed E-state index contributed by atoms with van der Waals surface area (Å²) >= 11 is 1.23. The second kappa shape index (κ2) is 9.74. The van der Waals surface area contributed by atoms with Crippen LogP contribution in [0.3, 0.4) is 0 Å². The average Bonchev–Trinajstić information content (AvgIpc) is 3.25. The molecular formula is C22H23FN4O3S. The van der Waals surface area contributed by atoms with Gasteiger partial charge in [0.25, 0.3) is 0 Å². The van der Waals surface area contributed by atoms with Crippen molar-refractivity contribution in [3.8, 4) is 5.75 Å². The summed E-state index contributed by atoms with van der Waals surface area (Å²) < 4.78 is 21.1. The van der Waals surface area contributed by atoms with Crippen LogP contribution in [0.4, 0.5) is 4.39 Å². The summed E-state index contributed by atoms with van der Waals surface area (Å²) in [6.07, 6.45) is 1.68. The van der Waals surface area contributed by atoms with Crippen LogP contribution in [-0.2, 0) is 13.2 Å². The molecule has 0 spiro atoms. The van der Waals surface area contributed by atoms with Gasteiger partial charge in [-0.15, -0.1) is 16.8 Å². The van der Waals surface area contributed by atoms with E-state index in [4.69, 9.17) is 4.74 Å². The van der Waals surface area contributed by atoms with Crippen LogP contribution in [-0.4, -0.2) is 37.1 Å². The second-order valence-corrected chi connectivity index (χ2v) is 7.85. The van der Waals surface area contributed by atoms with E-state index in [1.165, 1.54) is 30.8 Å². The van der Waals surface area contributed by atoms with Gasteiger partial charge >= 0.3 is 0 Å². The molecule has 0 aliphatic rings. The largest absolute Gasteiger partial charge is 0.483 e. The van der Waals surface area contributed by atoms with Crippen LogP contribution in [0, 0.1) is 19.7 Å². The topological polar surface area (TPSA) is 89.9 Å². The number of ketones is 2. The van der Waals surface area contributed by atoms with Gasteiger partial charge in [-0.1, -0.05) is 30.0 Å². The zero-order valence-electron chi connectivity index (χ0n) is 17.6. The van der Waals surface area contributed by atoms with Crippen LogP contribution in [0.1, 0.15) is 44.9 Å². The first-order valence-electron chi connectivity index (χ1n) is 9.59. The van der Waals surface area contributed by atoms with Crippen LogP contribution < -0.4 is 4.74 Å². The Morgan fingerprint density at radius 1 is 1.29 bits per heavy atom. The summed E-state index contributed by atoms with van der Waals surface area (Å²) in [7, 11) is 0. The zero-order chi connectivity index (χ0) is 22.5. The molecule has 1 aromatic carbocycles. The monoisotopic (exact) mass is 442 g/mol. The van der Waals surface area contributed by atoms with Gasteiger partial charge in [0.1, 0.15) is 6.61 Å². The number of allylic oxidation sites excluding steroid dienone is 1. The van der Waals surface area contributed by atoms with E-state index in [-0.39, 0.29) is 29.7 Å². The maximum atomic E-state index is 13.8. The maximum absolute atomic E-state index is 13.8. The number of carbonyl (C=O) groups is 2. The molecular weight excluding hydrogens is 419 g/mol. The first kappa shape index (κ1) is 22.5. The number of hydrogen-bond acceptors (Lipinski definition) is 6. The van der Waals surface area contributed by atoms with Gasteiger partial charge in [-0.25, -0.2) is 4.39 Å². The van der Waals surface area contributed by atoms with Crippen molar-refractivity contribution in [3.63, 3.8) is 0 Å². The normalized spacial score (nSPS) is 10.8. The van der Waals surface area contributed by atoms with Crippen molar-refractivity contribution in [3.05, 3.63) is 71.1 Å². The Morgan fingerprint density at radius 2 is 2.03 bits per heavy atom. The van der Waals surface area contributed by atoms with Crippen LogP contribution in [0.15, 0.2) is 42.1 Å². The molecule has 9 heteroatoms. The lowest BCUT2D eigenvalue weighted by molar-refractivity contribution is 0.101. The summed E-state index contributed by atoms with van der Waals surface area (Å²) in [5, 5.41) is 8.79. The molecule has 3 rings (SSSR count). The number of ether oxygens (including phenoxy) is 1. The van der Waals surface area contributed by atoms with Crippen molar-refractivity contribution in [2.24, 2.45) is 0 Å². The van der Waals surface area contributed by atoms with E-state index < -0.39 is 5.82 Å². The fraction of sp³-hybridized carbons (Fsp3) is 0.273. The standard InChI is InChI=1S/C22H23FN4O3S/c1-5-10-27-19(11-30-18-9-7-6-8-16(18)23)25-26-22(27)31-12-17(29)21-13(2)20(15(4)28)14(3)24-21/h5-9,24H,1,10-12H2,2-4H3. The zero-order valence-corrected chi connectivity index (χ0v) is 18.4. The van der Waals surface area contributed by atoms with Gasteiger partial charge in [0.05, 0.1) is 11.4 Å². The Labute approximate surface area is 183 Å². The van der Waals surface area contributed by atoms with Gasteiger partial charge < -0.3 is 9.72 Å². The fourth-order valence-electron chi connectivity index (χ4n) is 3.31. The Balaban J connectivity index is 1.73. The number of H-pyrrole nitrogens is 1. The van der Waals surface area contributed by atoms with E-state index in [9.17, 15) is 14.0 Å². The average molecular weight is 443 g/mol. The highest BCUT2D eigenvalue weighted by Crippen LogP contribution is 2.24. The van der Waals surface area contributed by atoms with E-state index >= 15 is 0 Å². The highest BCUT2D eigenvalue weighted by Gasteiger charge is 2.21. The summed E-state index contributed by atoms with van der Waals surface area (Å²) in [6.45, 7) is 9.19. The van der Waals surface area contributed by atoms with E-state index in [1.807, 2.05) is 0 Å². The minimum Gasteiger partial charge on any atom is -0.483 e. The number of hydrogen-bond donors (Lipinski definition) is 1. The molecule has 0 saturated carbocycles. The van der Waals surface area contributed by atoms with Crippen molar-refractivity contribution in [1.82, 2.24) is 19.7 Å². The molecule has 0 aliphatic carbocycles. The molecule has 7 nitrogen and oxygen atoms in total.